The largest absolute Gasteiger partial charge is 0.495 e. The molecule has 0 fully saturated rings. The van der Waals surface area contributed by atoms with Crippen LogP contribution < -0.4 is 9.64 Å². The van der Waals surface area contributed by atoms with Gasteiger partial charge in [0.05, 0.1) is 12.8 Å². The fourth-order valence-corrected chi connectivity index (χ4v) is 1.45. The van der Waals surface area contributed by atoms with E-state index in [1.165, 1.54) is 14.2 Å². The van der Waals surface area contributed by atoms with E-state index in [1.807, 2.05) is 6.92 Å². The quantitative estimate of drug-likeness (QED) is 0.795. The van der Waals surface area contributed by atoms with Crippen molar-refractivity contribution in [2.75, 3.05) is 25.6 Å². The van der Waals surface area contributed by atoms with E-state index in [0.717, 1.165) is 10.5 Å². The molecule has 0 aliphatic rings. The van der Waals surface area contributed by atoms with Crippen LogP contribution in [0.15, 0.2) is 18.2 Å². The van der Waals surface area contributed by atoms with Crippen LogP contribution in [0.4, 0.5) is 18.9 Å². The molecule has 0 aliphatic heterocycles. The van der Waals surface area contributed by atoms with E-state index in [2.05, 4.69) is 0 Å². The average Bonchev–Trinajstić information content (AvgIpc) is 2.15. The van der Waals surface area contributed by atoms with Gasteiger partial charge in [-0.1, -0.05) is 6.07 Å². The molecule has 90 valence electrons. The number of halogens is 3. The first-order valence-corrected chi connectivity index (χ1v) is 4.76. The number of anilines is 1. The lowest BCUT2D eigenvalue weighted by Crippen LogP contribution is -2.31. The monoisotopic (exact) mass is 233 g/mol. The topological polar surface area (TPSA) is 12.5 Å². The predicted molar refractivity (Wildman–Crippen MR) is 57.1 cm³/mol. The zero-order valence-corrected chi connectivity index (χ0v) is 9.43. The molecule has 0 unspecified atom stereocenters. The lowest BCUT2D eigenvalue weighted by atomic mass is 10.2. The Balaban J connectivity index is 2.97. The van der Waals surface area contributed by atoms with Gasteiger partial charge in [0, 0.05) is 7.05 Å². The second-order valence-electron chi connectivity index (χ2n) is 3.65. The highest BCUT2D eigenvalue weighted by Gasteiger charge is 2.30. The summed E-state index contributed by atoms with van der Waals surface area (Å²) in [5, 5.41) is 0. The van der Waals surface area contributed by atoms with E-state index in [1.54, 1.807) is 18.2 Å². The van der Waals surface area contributed by atoms with E-state index in [9.17, 15) is 13.2 Å². The summed E-state index contributed by atoms with van der Waals surface area (Å²) in [6, 6.07) is 5.13. The molecule has 0 spiro atoms. The number of hydrogen-bond acceptors (Lipinski definition) is 2. The highest BCUT2D eigenvalue weighted by molar-refractivity contribution is 5.59. The van der Waals surface area contributed by atoms with Crippen molar-refractivity contribution >= 4 is 5.69 Å². The van der Waals surface area contributed by atoms with Crippen molar-refractivity contribution in [3.8, 4) is 5.75 Å². The predicted octanol–water partition coefficient (Wildman–Crippen LogP) is 3.00. The van der Waals surface area contributed by atoms with Gasteiger partial charge in [0.15, 0.2) is 0 Å². The average molecular weight is 233 g/mol. The number of hydrogen-bond donors (Lipinski definition) is 0. The van der Waals surface area contributed by atoms with Crippen LogP contribution >= 0.6 is 0 Å². The van der Waals surface area contributed by atoms with Gasteiger partial charge in [-0.3, -0.25) is 0 Å². The molecule has 0 aromatic heterocycles. The maximum atomic E-state index is 12.2. The number of rotatable bonds is 3. The molecule has 0 N–H and O–H groups in total. The van der Waals surface area contributed by atoms with Gasteiger partial charge < -0.3 is 9.64 Å². The van der Waals surface area contributed by atoms with Gasteiger partial charge in [-0.25, -0.2) is 0 Å². The van der Waals surface area contributed by atoms with Crippen LogP contribution in [0.2, 0.25) is 0 Å². The lowest BCUT2D eigenvalue weighted by molar-refractivity contribution is -0.119. The smallest absolute Gasteiger partial charge is 0.405 e. The van der Waals surface area contributed by atoms with Crippen LogP contribution in [0.3, 0.4) is 0 Å². The van der Waals surface area contributed by atoms with Crippen LogP contribution in [0, 0.1) is 6.92 Å². The third kappa shape index (κ3) is 3.32. The SMILES string of the molecule is COc1ccc(C)cc1N(C)CC(F)(F)F. The van der Waals surface area contributed by atoms with Crippen molar-refractivity contribution in [1.82, 2.24) is 0 Å². The molecule has 2 nitrogen and oxygen atoms in total. The summed E-state index contributed by atoms with van der Waals surface area (Å²) in [7, 11) is 2.83. The normalized spacial score (nSPS) is 11.4. The minimum atomic E-state index is -4.22. The zero-order valence-electron chi connectivity index (χ0n) is 9.43. The van der Waals surface area contributed by atoms with Crippen LogP contribution in [0.25, 0.3) is 0 Å². The Morgan fingerprint density at radius 3 is 2.44 bits per heavy atom. The molecule has 5 heteroatoms. The molecule has 0 heterocycles. The lowest BCUT2D eigenvalue weighted by Gasteiger charge is -2.23. The number of aryl methyl sites for hydroxylation is 1. The maximum Gasteiger partial charge on any atom is 0.405 e. The Labute approximate surface area is 92.6 Å². The van der Waals surface area contributed by atoms with Gasteiger partial charge in [-0.2, -0.15) is 13.2 Å². The number of ether oxygens (including phenoxy) is 1. The minimum Gasteiger partial charge on any atom is -0.495 e. The van der Waals surface area contributed by atoms with Crippen molar-refractivity contribution in [2.45, 2.75) is 13.1 Å². The molecule has 0 aliphatic carbocycles. The summed E-state index contributed by atoms with van der Waals surface area (Å²) in [4.78, 5) is 1.13. The summed E-state index contributed by atoms with van der Waals surface area (Å²) in [5.74, 6) is 0.442. The Kier molecular flexibility index (Phi) is 3.67. The third-order valence-corrected chi connectivity index (χ3v) is 2.16. The van der Waals surface area contributed by atoms with E-state index >= 15 is 0 Å². The Bertz CT molecular complexity index is 363. The van der Waals surface area contributed by atoms with Gasteiger partial charge >= 0.3 is 6.18 Å². The first-order valence-electron chi connectivity index (χ1n) is 4.76. The van der Waals surface area contributed by atoms with Gasteiger partial charge in [0.25, 0.3) is 0 Å². The summed E-state index contributed by atoms with van der Waals surface area (Å²) < 4.78 is 41.8. The Hall–Kier alpha value is -1.39. The minimum absolute atomic E-state index is 0.442. The number of nitrogens with zero attached hydrogens (tertiary/aromatic N) is 1. The van der Waals surface area contributed by atoms with E-state index in [-0.39, 0.29) is 0 Å². The molecule has 0 atom stereocenters. The molecule has 1 aromatic rings. The van der Waals surface area contributed by atoms with Crippen molar-refractivity contribution in [2.24, 2.45) is 0 Å². The third-order valence-electron chi connectivity index (χ3n) is 2.16. The first kappa shape index (κ1) is 12.7. The maximum absolute atomic E-state index is 12.2. The highest BCUT2D eigenvalue weighted by Crippen LogP contribution is 2.30. The van der Waals surface area contributed by atoms with Gasteiger partial charge in [0.1, 0.15) is 12.3 Å². The van der Waals surface area contributed by atoms with Crippen molar-refractivity contribution < 1.29 is 17.9 Å². The van der Waals surface area contributed by atoms with E-state index in [4.69, 9.17) is 4.74 Å². The highest BCUT2D eigenvalue weighted by atomic mass is 19.4. The van der Waals surface area contributed by atoms with Crippen molar-refractivity contribution in [1.29, 1.82) is 0 Å². The van der Waals surface area contributed by atoms with Crippen LogP contribution in [0.5, 0.6) is 5.75 Å². The molecular formula is C11H14F3NO. The summed E-state index contributed by atoms with van der Waals surface area (Å²) in [6.07, 6.45) is -4.22. The molecule has 0 radical (unpaired) electrons. The molecule has 0 saturated heterocycles. The van der Waals surface area contributed by atoms with Crippen molar-refractivity contribution in [3.63, 3.8) is 0 Å². The van der Waals surface area contributed by atoms with Gasteiger partial charge in [-0.15, -0.1) is 0 Å². The Morgan fingerprint density at radius 1 is 1.31 bits per heavy atom. The summed E-state index contributed by atoms with van der Waals surface area (Å²) >= 11 is 0. The second kappa shape index (κ2) is 4.63. The molecule has 0 bridgehead atoms. The fourth-order valence-electron chi connectivity index (χ4n) is 1.45. The van der Waals surface area contributed by atoms with Gasteiger partial charge in [0.2, 0.25) is 0 Å². The molecule has 1 aromatic carbocycles. The number of benzene rings is 1. The zero-order chi connectivity index (χ0) is 12.3. The summed E-state index contributed by atoms with van der Waals surface area (Å²) in [6.45, 7) is 0.831. The van der Waals surface area contributed by atoms with Crippen LogP contribution in [-0.4, -0.2) is 26.9 Å². The molecule has 16 heavy (non-hydrogen) atoms. The van der Waals surface area contributed by atoms with Gasteiger partial charge in [-0.05, 0) is 24.6 Å². The molecule has 1 rings (SSSR count). The molecular weight excluding hydrogens is 219 g/mol. The summed E-state index contributed by atoms with van der Waals surface area (Å²) in [5.41, 5.74) is 1.34. The number of alkyl halides is 3. The first-order chi connectivity index (χ1) is 7.33. The molecule has 0 amide bonds. The molecule has 0 saturated carbocycles. The van der Waals surface area contributed by atoms with Crippen molar-refractivity contribution in [3.05, 3.63) is 23.8 Å². The Morgan fingerprint density at radius 2 is 1.94 bits per heavy atom. The number of methoxy groups -OCH3 is 1. The van der Waals surface area contributed by atoms with E-state index < -0.39 is 12.7 Å². The standard InChI is InChI=1S/C11H14F3NO/c1-8-4-5-10(16-3)9(6-8)15(2)7-11(12,13)14/h4-6H,7H2,1-3H3. The second-order valence-corrected chi connectivity index (χ2v) is 3.65. The van der Waals surface area contributed by atoms with Crippen LogP contribution in [0.1, 0.15) is 5.56 Å². The van der Waals surface area contributed by atoms with E-state index in [0.29, 0.717) is 11.4 Å². The van der Waals surface area contributed by atoms with Crippen LogP contribution in [-0.2, 0) is 0 Å². The fraction of sp³-hybridized carbons (Fsp3) is 0.455.